The molecule has 3 aromatic rings. The summed E-state index contributed by atoms with van der Waals surface area (Å²) >= 11 is 6.43. The van der Waals surface area contributed by atoms with Crippen LogP contribution in [0.4, 0.5) is 20.5 Å². The zero-order chi connectivity index (χ0) is 27.2. The first kappa shape index (κ1) is 26.6. The molecule has 0 saturated carbocycles. The minimum Gasteiger partial charge on any atom is -0.507 e. The Morgan fingerprint density at radius 2 is 1.92 bits per heavy atom. The van der Waals surface area contributed by atoms with Crippen LogP contribution in [0.1, 0.15) is 13.8 Å². The van der Waals surface area contributed by atoms with Crippen LogP contribution in [-0.2, 0) is 14.8 Å². The highest BCUT2D eigenvalue weighted by Gasteiger charge is 2.34. The van der Waals surface area contributed by atoms with Gasteiger partial charge in [0.15, 0.2) is 5.82 Å². The van der Waals surface area contributed by atoms with Crippen molar-refractivity contribution in [2.75, 3.05) is 29.0 Å². The first-order valence-electron chi connectivity index (χ1n) is 11.2. The Balaban J connectivity index is 1.97. The van der Waals surface area contributed by atoms with E-state index in [1.807, 2.05) is 13.8 Å². The number of aromatic nitrogens is 2. The summed E-state index contributed by atoms with van der Waals surface area (Å²) in [6.07, 6.45) is 2.12. The molecular weight excluding hydrogens is 528 g/mol. The van der Waals surface area contributed by atoms with Gasteiger partial charge in [-0.2, -0.15) is 4.98 Å². The molecule has 0 radical (unpaired) electrons. The molecule has 0 spiro atoms. The quantitative estimate of drug-likeness (QED) is 0.462. The Kier molecular flexibility index (Phi) is 6.99. The molecule has 1 saturated heterocycles. The van der Waals surface area contributed by atoms with Crippen LogP contribution in [0.3, 0.4) is 0 Å². The monoisotopic (exact) mass is 551 g/mol. The summed E-state index contributed by atoms with van der Waals surface area (Å²) in [5.74, 6) is -2.98. The maximum Gasteiger partial charge on any atom is 0.246 e. The molecule has 13 heteroatoms. The van der Waals surface area contributed by atoms with E-state index in [1.54, 1.807) is 9.80 Å². The molecule has 2 atom stereocenters. The van der Waals surface area contributed by atoms with Crippen molar-refractivity contribution in [3.63, 3.8) is 0 Å². The van der Waals surface area contributed by atoms with E-state index in [2.05, 4.69) is 21.3 Å². The molecule has 4 rings (SSSR count). The molecular formula is C24H24ClF2N5O4S. The number of anilines is 2. The van der Waals surface area contributed by atoms with Crippen LogP contribution in [0, 0.1) is 11.6 Å². The molecule has 1 aliphatic heterocycles. The fourth-order valence-electron chi connectivity index (χ4n) is 4.45. The van der Waals surface area contributed by atoms with Crippen LogP contribution in [0.25, 0.3) is 22.0 Å². The van der Waals surface area contributed by atoms with Crippen LogP contribution >= 0.6 is 11.6 Å². The van der Waals surface area contributed by atoms with Crippen molar-refractivity contribution in [2.24, 2.45) is 0 Å². The number of piperazine rings is 1. The van der Waals surface area contributed by atoms with Crippen LogP contribution in [0.5, 0.6) is 5.75 Å². The topological polar surface area (TPSA) is 116 Å². The van der Waals surface area contributed by atoms with Crippen molar-refractivity contribution >= 4 is 50.2 Å². The van der Waals surface area contributed by atoms with E-state index >= 15 is 4.39 Å². The van der Waals surface area contributed by atoms with Crippen LogP contribution in [0.2, 0.25) is 5.02 Å². The first-order chi connectivity index (χ1) is 17.3. The van der Waals surface area contributed by atoms with Crippen molar-refractivity contribution in [2.45, 2.75) is 25.9 Å². The van der Waals surface area contributed by atoms with Gasteiger partial charge in [-0.25, -0.2) is 22.2 Å². The number of carbonyl (C=O) groups excluding carboxylic acids is 1. The SMILES string of the molecule is C=CC(=O)N1C[C@H](C)N(c2nc(NS(C)(=O)=O)nc3c(F)c(-c4c(O)cccc4F)c(Cl)cc23)C[C@H]1C. The molecule has 1 aromatic heterocycles. The number of nitrogens with zero attached hydrogens (tertiary/aromatic N) is 4. The minimum atomic E-state index is -3.84. The van der Waals surface area contributed by atoms with Gasteiger partial charge in [-0.05, 0) is 38.1 Å². The van der Waals surface area contributed by atoms with Crippen molar-refractivity contribution in [3.05, 3.63) is 53.6 Å². The van der Waals surface area contributed by atoms with Gasteiger partial charge in [0.25, 0.3) is 0 Å². The largest absolute Gasteiger partial charge is 0.507 e. The molecule has 1 aliphatic rings. The Morgan fingerprint density at radius 1 is 1.22 bits per heavy atom. The molecule has 196 valence electrons. The third-order valence-corrected chi connectivity index (χ3v) is 6.95. The first-order valence-corrected chi connectivity index (χ1v) is 13.4. The number of phenolic OH excluding ortho intramolecular Hbond substituents is 1. The maximum absolute atomic E-state index is 16.0. The number of amides is 1. The predicted molar refractivity (Wildman–Crippen MR) is 138 cm³/mol. The lowest BCUT2D eigenvalue weighted by atomic mass is 10.00. The number of halogens is 3. The third-order valence-electron chi connectivity index (χ3n) is 6.10. The van der Waals surface area contributed by atoms with E-state index in [4.69, 9.17) is 11.6 Å². The van der Waals surface area contributed by atoms with E-state index in [-0.39, 0.29) is 46.3 Å². The number of fused-ring (bicyclic) bond motifs is 1. The van der Waals surface area contributed by atoms with E-state index in [9.17, 15) is 22.7 Å². The van der Waals surface area contributed by atoms with Gasteiger partial charge in [-0.15, -0.1) is 0 Å². The second-order valence-corrected chi connectivity index (χ2v) is 11.0. The van der Waals surface area contributed by atoms with Gasteiger partial charge < -0.3 is 14.9 Å². The summed E-state index contributed by atoms with van der Waals surface area (Å²) in [4.78, 5) is 24.1. The molecule has 0 aliphatic carbocycles. The molecule has 2 heterocycles. The maximum atomic E-state index is 16.0. The van der Waals surface area contributed by atoms with Gasteiger partial charge in [-0.1, -0.05) is 24.2 Å². The highest BCUT2D eigenvalue weighted by Crippen LogP contribution is 2.43. The van der Waals surface area contributed by atoms with E-state index in [0.29, 0.717) is 6.54 Å². The number of benzene rings is 2. The van der Waals surface area contributed by atoms with Crippen molar-refractivity contribution < 1.29 is 27.1 Å². The molecule has 0 bridgehead atoms. The summed E-state index contributed by atoms with van der Waals surface area (Å²) in [7, 11) is -3.84. The van der Waals surface area contributed by atoms with Gasteiger partial charge in [0.05, 0.1) is 16.8 Å². The van der Waals surface area contributed by atoms with Gasteiger partial charge in [-0.3, -0.25) is 9.52 Å². The highest BCUT2D eigenvalue weighted by molar-refractivity contribution is 7.92. The Labute approximate surface area is 217 Å². The normalized spacial score (nSPS) is 18.2. The molecule has 9 nitrogen and oxygen atoms in total. The number of sulfonamides is 1. The second kappa shape index (κ2) is 9.75. The predicted octanol–water partition coefficient (Wildman–Crippen LogP) is 3.92. The molecule has 1 fully saturated rings. The van der Waals surface area contributed by atoms with Gasteiger partial charge >= 0.3 is 0 Å². The lowest BCUT2D eigenvalue weighted by Crippen LogP contribution is -2.58. The third kappa shape index (κ3) is 5.03. The fourth-order valence-corrected chi connectivity index (χ4v) is 5.16. The summed E-state index contributed by atoms with van der Waals surface area (Å²) in [5, 5.41) is 10.2. The second-order valence-electron chi connectivity index (χ2n) is 8.87. The number of nitrogens with one attached hydrogen (secondary N) is 1. The van der Waals surface area contributed by atoms with E-state index < -0.39 is 44.5 Å². The molecule has 37 heavy (non-hydrogen) atoms. The van der Waals surface area contributed by atoms with Gasteiger partial charge in [0.1, 0.15) is 22.9 Å². The lowest BCUT2D eigenvalue weighted by molar-refractivity contribution is -0.128. The number of aromatic hydroxyl groups is 1. The molecule has 2 N–H and O–H groups in total. The average Bonchev–Trinajstić information content (AvgIpc) is 2.80. The fraction of sp³-hybridized carbons (Fsp3) is 0.292. The number of hydrogen-bond acceptors (Lipinski definition) is 7. The molecule has 1 amide bonds. The Bertz CT molecular complexity index is 1520. The summed E-state index contributed by atoms with van der Waals surface area (Å²) < 4.78 is 56.7. The van der Waals surface area contributed by atoms with Crippen molar-refractivity contribution in [1.29, 1.82) is 0 Å². The number of carbonyl (C=O) groups is 1. The Morgan fingerprint density at radius 3 is 2.54 bits per heavy atom. The molecule has 2 aromatic carbocycles. The highest BCUT2D eigenvalue weighted by atomic mass is 35.5. The standard InChI is InChI=1S/C24H24ClF2N5O4S/c1-5-18(34)31-10-13(3)32(11-12(31)2)23-14-9-15(25)19(20-16(26)7-6-8-17(20)33)21(27)22(14)28-24(29-23)30-37(4,35)36/h5-9,12-13,33H,1,10-11H2,2-4H3,(H,28,29,30)/t12-,13+/m1/s1. The van der Waals surface area contributed by atoms with E-state index in [0.717, 1.165) is 12.3 Å². The van der Waals surface area contributed by atoms with Crippen molar-refractivity contribution in [3.8, 4) is 16.9 Å². The Hall–Kier alpha value is -3.51. The number of phenols is 1. The number of hydrogen-bond donors (Lipinski definition) is 2. The van der Waals surface area contributed by atoms with Crippen LogP contribution in [0.15, 0.2) is 36.9 Å². The lowest BCUT2D eigenvalue weighted by Gasteiger charge is -2.44. The number of rotatable bonds is 5. The van der Waals surface area contributed by atoms with E-state index in [1.165, 1.54) is 24.3 Å². The summed E-state index contributed by atoms with van der Waals surface area (Å²) in [6, 6.07) is 4.24. The minimum absolute atomic E-state index is 0.142. The summed E-state index contributed by atoms with van der Waals surface area (Å²) in [5.41, 5.74) is -1.21. The van der Waals surface area contributed by atoms with Gasteiger partial charge in [0, 0.05) is 36.1 Å². The zero-order valence-electron chi connectivity index (χ0n) is 20.2. The summed E-state index contributed by atoms with van der Waals surface area (Å²) in [6.45, 7) is 7.76. The average molecular weight is 552 g/mol. The van der Waals surface area contributed by atoms with Crippen LogP contribution in [-0.4, -0.2) is 65.7 Å². The smallest absolute Gasteiger partial charge is 0.246 e. The van der Waals surface area contributed by atoms with Crippen LogP contribution < -0.4 is 9.62 Å². The zero-order valence-corrected chi connectivity index (χ0v) is 21.7. The van der Waals surface area contributed by atoms with Crippen molar-refractivity contribution in [1.82, 2.24) is 14.9 Å². The van der Waals surface area contributed by atoms with Gasteiger partial charge in [0.2, 0.25) is 21.9 Å². The molecule has 0 unspecified atom stereocenters.